The van der Waals surface area contributed by atoms with E-state index < -0.39 is 18.1 Å². The number of carbonyl (C=O) groups excluding carboxylic acids is 3. The van der Waals surface area contributed by atoms with E-state index in [1.54, 1.807) is 6.92 Å². The van der Waals surface area contributed by atoms with E-state index in [0.29, 0.717) is 17.9 Å². The number of Topliss-reactive ketones (excluding diaryl/α,β-unsaturated/α-hetero) is 2. The third-order valence-electron chi connectivity index (χ3n) is 5.47. The lowest BCUT2D eigenvalue weighted by Gasteiger charge is -2.26. The molecule has 0 spiro atoms. The van der Waals surface area contributed by atoms with Crippen molar-refractivity contribution in [3.8, 4) is 11.3 Å². The number of likely N-dealkylation sites (tertiary alicyclic amines) is 1. The van der Waals surface area contributed by atoms with Gasteiger partial charge in [0.05, 0.1) is 12.1 Å². The van der Waals surface area contributed by atoms with Crippen LogP contribution in [0.2, 0.25) is 0 Å². The Hall–Kier alpha value is -2.80. The summed E-state index contributed by atoms with van der Waals surface area (Å²) < 4.78 is 5.37. The molecule has 3 rings (SSSR count). The van der Waals surface area contributed by atoms with E-state index in [0.717, 1.165) is 11.1 Å². The highest BCUT2D eigenvalue weighted by Gasteiger charge is 2.39. The molecule has 1 saturated heterocycles. The van der Waals surface area contributed by atoms with Crippen LogP contribution in [0.4, 0.5) is 0 Å². The fraction of sp³-hybridized carbons (Fsp3) is 0.478. The summed E-state index contributed by atoms with van der Waals surface area (Å²) in [6.45, 7) is 5.25. The Morgan fingerprint density at radius 1 is 1.27 bits per heavy atom. The molecular weight excluding hydrogens is 384 g/mol. The number of carbonyl (C=O) groups is 3. The summed E-state index contributed by atoms with van der Waals surface area (Å²) in [6, 6.07) is 9.08. The fourth-order valence-corrected chi connectivity index (χ4v) is 3.87. The van der Waals surface area contributed by atoms with Gasteiger partial charge in [0.2, 0.25) is 5.91 Å². The van der Waals surface area contributed by atoms with Crippen molar-refractivity contribution in [3.05, 3.63) is 41.7 Å². The molecule has 1 aliphatic heterocycles. The topological polar surface area (TPSA) is 101 Å². The van der Waals surface area contributed by atoms with Gasteiger partial charge < -0.3 is 19.3 Å². The van der Waals surface area contributed by atoms with Crippen LogP contribution in [0.25, 0.3) is 11.3 Å². The van der Waals surface area contributed by atoms with Crippen LogP contribution in [0.3, 0.4) is 0 Å². The number of rotatable bonds is 8. The van der Waals surface area contributed by atoms with Gasteiger partial charge in [-0.25, -0.2) is 0 Å². The molecule has 0 saturated carbocycles. The molecule has 160 valence electrons. The molecule has 3 atom stereocenters. The second-order valence-corrected chi connectivity index (χ2v) is 8.21. The van der Waals surface area contributed by atoms with Gasteiger partial charge in [0.1, 0.15) is 17.2 Å². The van der Waals surface area contributed by atoms with E-state index in [4.69, 9.17) is 4.52 Å². The minimum Gasteiger partial charge on any atom is -0.391 e. The maximum Gasteiger partial charge on any atom is 0.226 e. The fourth-order valence-electron chi connectivity index (χ4n) is 3.87. The van der Waals surface area contributed by atoms with Gasteiger partial charge in [-0.3, -0.25) is 9.59 Å². The average Bonchev–Trinajstić information content (AvgIpc) is 3.32. The van der Waals surface area contributed by atoms with Crippen molar-refractivity contribution < 1.29 is 24.0 Å². The second kappa shape index (κ2) is 9.34. The van der Waals surface area contributed by atoms with Crippen LogP contribution in [-0.2, 0) is 20.8 Å². The number of nitrogens with zero attached hydrogens (tertiary/aromatic N) is 2. The number of hydrogen-bond donors (Lipinski definition) is 1. The number of aryl methyl sites for hydroxylation is 2. The van der Waals surface area contributed by atoms with Crippen molar-refractivity contribution >= 4 is 17.5 Å². The highest BCUT2D eigenvalue weighted by atomic mass is 16.5. The largest absolute Gasteiger partial charge is 0.391 e. The molecule has 1 amide bonds. The zero-order valence-corrected chi connectivity index (χ0v) is 17.6. The second-order valence-electron chi connectivity index (χ2n) is 8.21. The Labute approximate surface area is 176 Å². The van der Waals surface area contributed by atoms with Crippen LogP contribution < -0.4 is 0 Å². The number of amides is 1. The van der Waals surface area contributed by atoms with Crippen LogP contribution in [0.15, 0.2) is 34.9 Å². The SMILES string of the molecule is CC(=O)C[C@@H](C)C(=O)N1C[C@H](O)C[C@H]1C(=O)CCc1cc(-c2ccc(C)cc2)no1. The average molecular weight is 412 g/mol. The summed E-state index contributed by atoms with van der Waals surface area (Å²) in [7, 11) is 0. The predicted molar refractivity (Wildman–Crippen MR) is 111 cm³/mol. The van der Waals surface area contributed by atoms with Crippen molar-refractivity contribution in [2.45, 2.75) is 58.6 Å². The Bertz CT molecular complexity index is 918. The normalized spacial score (nSPS) is 19.7. The molecule has 1 aromatic heterocycles. The van der Waals surface area contributed by atoms with Crippen LogP contribution >= 0.6 is 0 Å². The predicted octanol–water partition coefficient (Wildman–Crippen LogP) is 2.73. The molecule has 7 heteroatoms. The molecule has 0 unspecified atom stereocenters. The van der Waals surface area contributed by atoms with E-state index in [1.807, 2.05) is 37.3 Å². The minimum atomic E-state index is -0.731. The lowest BCUT2D eigenvalue weighted by Crippen LogP contribution is -2.43. The Morgan fingerprint density at radius 2 is 1.97 bits per heavy atom. The number of ketones is 2. The zero-order chi connectivity index (χ0) is 21.8. The summed E-state index contributed by atoms with van der Waals surface area (Å²) in [5, 5.41) is 14.1. The molecular formula is C23H28N2O5. The van der Waals surface area contributed by atoms with E-state index in [9.17, 15) is 19.5 Å². The molecule has 0 bridgehead atoms. The van der Waals surface area contributed by atoms with E-state index in [-0.39, 0.29) is 43.3 Å². The van der Waals surface area contributed by atoms with Crippen molar-refractivity contribution in [1.82, 2.24) is 10.1 Å². The number of benzene rings is 1. The van der Waals surface area contributed by atoms with Gasteiger partial charge in [0.25, 0.3) is 0 Å². The summed E-state index contributed by atoms with van der Waals surface area (Å²) in [4.78, 5) is 38.2. The lowest BCUT2D eigenvalue weighted by atomic mass is 10.0. The highest BCUT2D eigenvalue weighted by molar-refractivity contribution is 5.92. The Kier molecular flexibility index (Phi) is 6.82. The van der Waals surface area contributed by atoms with Crippen molar-refractivity contribution in [2.75, 3.05) is 6.54 Å². The molecule has 1 aromatic carbocycles. The third kappa shape index (κ3) is 5.21. The monoisotopic (exact) mass is 412 g/mol. The first-order valence-corrected chi connectivity index (χ1v) is 10.3. The molecule has 0 radical (unpaired) electrons. The number of aliphatic hydroxyl groups is 1. The molecule has 1 fully saturated rings. The lowest BCUT2D eigenvalue weighted by molar-refractivity contribution is -0.141. The Balaban J connectivity index is 1.61. The minimum absolute atomic E-state index is 0.0758. The zero-order valence-electron chi connectivity index (χ0n) is 17.6. The molecule has 1 N–H and O–H groups in total. The van der Waals surface area contributed by atoms with Crippen LogP contribution in [0.5, 0.6) is 0 Å². The summed E-state index contributed by atoms with van der Waals surface area (Å²) in [5.74, 6) is -0.368. The molecule has 2 aromatic rings. The van der Waals surface area contributed by atoms with Gasteiger partial charge in [-0.1, -0.05) is 41.9 Å². The van der Waals surface area contributed by atoms with Crippen molar-refractivity contribution in [2.24, 2.45) is 5.92 Å². The number of aliphatic hydroxyl groups excluding tert-OH is 1. The van der Waals surface area contributed by atoms with Crippen LogP contribution in [0.1, 0.15) is 44.4 Å². The van der Waals surface area contributed by atoms with Gasteiger partial charge >= 0.3 is 0 Å². The van der Waals surface area contributed by atoms with Gasteiger partial charge in [-0.2, -0.15) is 0 Å². The maximum atomic E-state index is 12.8. The quantitative estimate of drug-likeness (QED) is 0.715. The van der Waals surface area contributed by atoms with Gasteiger partial charge in [-0.15, -0.1) is 0 Å². The van der Waals surface area contributed by atoms with Gasteiger partial charge in [0.15, 0.2) is 5.78 Å². The first kappa shape index (κ1) is 21.9. The van der Waals surface area contributed by atoms with E-state index in [1.165, 1.54) is 11.8 Å². The van der Waals surface area contributed by atoms with E-state index in [2.05, 4.69) is 5.16 Å². The number of hydrogen-bond acceptors (Lipinski definition) is 6. The van der Waals surface area contributed by atoms with Crippen LogP contribution in [-0.4, -0.2) is 51.3 Å². The molecule has 0 aliphatic carbocycles. The first-order valence-electron chi connectivity index (χ1n) is 10.3. The third-order valence-corrected chi connectivity index (χ3v) is 5.47. The van der Waals surface area contributed by atoms with Crippen LogP contribution in [0, 0.1) is 12.8 Å². The summed E-state index contributed by atoms with van der Waals surface area (Å²) in [5.41, 5.74) is 2.81. The number of aromatic nitrogens is 1. The smallest absolute Gasteiger partial charge is 0.226 e. The molecule has 2 heterocycles. The van der Waals surface area contributed by atoms with Crippen molar-refractivity contribution in [1.29, 1.82) is 0 Å². The Morgan fingerprint density at radius 3 is 2.63 bits per heavy atom. The van der Waals surface area contributed by atoms with E-state index >= 15 is 0 Å². The molecule has 7 nitrogen and oxygen atoms in total. The number of β-amino-alcohol motifs (C(OH)–C–C–N with tert-alkyl or cyclic N) is 1. The van der Waals surface area contributed by atoms with Gasteiger partial charge in [0, 0.05) is 49.8 Å². The summed E-state index contributed by atoms with van der Waals surface area (Å²) >= 11 is 0. The molecule has 30 heavy (non-hydrogen) atoms. The maximum absolute atomic E-state index is 12.8. The first-order chi connectivity index (χ1) is 14.2. The standard InChI is InChI=1S/C23H28N2O5/c1-14-4-6-17(7-5-14)20-12-19(30-24-20)8-9-22(28)21-11-18(27)13-25(21)23(29)15(2)10-16(3)26/h4-7,12,15,18,21,27H,8-11,13H2,1-3H3/t15-,18-,21+/m1/s1. The molecule has 1 aliphatic rings. The van der Waals surface area contributed by atoms with Gasteiger partial charge in [-0.05, 0) is 13.8 Å². The summed E-state index contributed by atoms with van der Waals surface area (Å²) in [6.07, 6.45) is 0.181. The highest BCUT2D eigenvalue weighted by Crippen LogP contribution is 2.25. The van der Waals surface area contributed by atoms with Crippen molar-refractivity contribution in [3.63, 3.8) is 0 Å².